The van der Waals surface area contributed by atoms with E-state index in [0.717, 1.165) is 53.6 Å². The van der Waals surface area contributed by atoms with Crippen molar-refractivity contribution in [2.45, 2.75) is 29.8 Å². The molecule has 9 heteroatoms. The molecule has 1 N–H and O–H groups in total. The van der Waals surface area contributed by atoms with E-state index in [9.17, 15) is 4.79 Å². The molecule has 0 aliphatic carbocycles. The molecule has 1 amide bonds. The van der Waals surface area contributed by atoms with Gasteiger partial charge in [-0.1, -0.05) is 41.0 Å². The standard InChI is InChI=1S/C22H22Cl2N4OS2/c23-18-4-3-15(10-19(18)24)12-28-8-5-17(6-9-28)26-21(29)14-31-22-27-20(13-30-22)16-2-1-7-25-11-16/h1-4,7,10-11,13,17H,5-6,8-9,12,14H2,(H,26,29). The molecule has 3 aromatic rings. The Bertz CT molecular complexity index is 1020. The highest BCUT2D eigenvalue weighted by Crippen LogP contribution is 2.28. The van der Waals surface area contributed by atoms with Crippen LogP contribution in [0.3, 0.4) is 0 Å². The second-order valence-electron chi connectivity index (χ2n) is 7.40. The zero-order valence-corrected chi connectivity index (χ0v) is 19.9. The summed E-state index contributed by atoms with van der Waals surface area (Å²) >= 11 is 15.1. The van der Waals surface area contributed by atoms with Gasteiger partial charge in [-0.3, -0.25) is 14.7 Å². The Morgan fingerprint density at radius 1 is 1.23 bits per heavy atom. The third-order valence-electron chi connectivity index (χ3n) is 5.11. The average molecular weight is 493 g/mol. The first kappa shape index (κ1) is 22.6. The third-order valence-corrected chi connectivity index (χ3v) is 7.87. The van der Waals surface area contributed by atoms with Gasteiger partial charge in [0.2, 0.25) is 5.91 Å². The smallest absolute Gasteiger partial charge is 0.230 e. The number of carbonyl (C=O) groups excluding carboxylic acids is 1. The van der Waals surface area contributed by atoms with Crippen molar-refractivity contribution in [3.05, 3.63) is 63.7 Å². The van der Waals surface area contributed by atoms with E-state index >= 15 is 0 Å². The SMILES string of the molecule is O=C(CSc1nc(-c2cccnc2)cs1)NC1CCN(Cc2ccc(Cl)c(Cl)c2)CC1. The molecule has 0 saturated carbocycles. The van der Waals surface area contributed by atoms with Gasteiger partial charge in [0.25, 0.3) is 0 Å². The molecular weight excluding hydrogens is 471 g/mol. The number of halogens is 2. The summed E-state index contributed by atoms with van der Waals surface area (Å²) in [4.78, 5) is 23.5. The lowest BCUT2D eigenvalue weighted by molar-refractivity contribution is -0.119. The van der Waals surface area contributed by atoms with Crippen molar-refractivity contribution in [1.82, 2.24) is 20.2 Å². The van der Waals surface area contributed by atoms with E-state index in [2.05, 4.69) is 20.2 Å². The fourth-order valence-electron chi connectivity index (χ4n) is 3.50. The first-order valence-corrected chi connectivity index (χ1v) is 12.6. The van der Waals surface area contributed by atoms with Gasteiger partial charge in [-0.2, -0.15) is 0 Å². The maximum absolute atomic E-state index is 12.4. The Kier molecular flexibility index (Phi) is 7.85. The first-order chi connectivity index (χ1) is 15.1. The van der Waals surface area contributed by atoms with Gasteiger partial charge in [-0.15, -0.1) is 11.3 Å². The summed E-state index contributed by atoms with van der Waals surface area (Å²) in [7, 11) is 0. The lowest BCUT2D eigenvalue weighted by Crippen LogP contribution is -2.44. The molecule has 0 unspecified atom stereocenters. The van der Waals surface area contributed by atoms with Crippen LogP contribution in [0.5, 0.6) is 0 Å². The Morgan fingerprint density at radius 3 is 2.81 bits per heavy atom. The summed E-state index contributed by atoms with van der Waals surface area (Å²) in [5, 5.41) is 6.34. The molecule has 0 spiro atoms. The summed E-state index contributed by atoms with van der Waals surface area (Å²) in [5.74, 6) is 0.440. The molecule has 0 bridgehead atoms. The molecule has 1 aromatic carbocycles. The van der Waals surface area contributed by atoms with E-state index < -0.39 is 0 Å². The van der Waals surface area contributed by atoms with E-state index in [1.165, 1.54) is 11.8 Å². The maximum Gasteiger partial charge on any atom is 0.230 e. The highest BCUT2D eigenvalue weighted by atomic mass is 35.5. The molecule has 1 fully saturated rings. The number of carbonyl (C=O) groups is 1. The number of rotatable bonds is 7. The fraction of sp³-hybridized carbons (Fsp3) is 0.318. The zero-order valence-electron chi connectivity index (χ0n) is 16.8. The molecule has 162 valence electrons. The summed E-state index contributed by atoms with van der Waals surface area (Å²) in [6.07, 6.45) is 5.43. The predicted molar refractivity (Wildman–Crippen MR) is 129 cm³/mol. The summed E-state index contributed by atoms with van der Waals surface area (Å²) in [6, 6.07) is 9.87. The van der Waals surface area contributed by atoms with E-state index in [4.69, 9.17) is 23.2 Å². The van der Waals surface area contributed by atoms with Crippen molar-refractivity contribution in [2.24, 2.45) is 0 Å². The average Bonchev–Trinajstić information content (AvgIpc) is 3.26. The summed E-state index contributed by atoms with van der Waals surface area (Å²) in [6.45, 7) is 2.73. The molecule has 1 saturated heterocycles. The van der Waals surface area contributed by atoms with Gasteiger partial charge < -0.3 is 5.32 Å². The van der Waals surface area contributed by atoms with Crippen LogP contribution >= 0.6 is 46.3 Å². The molecule has 1 aliphatic heterocycles. The van der Waals surface area contributed by atoms with Gasteiger partial charge in [0.05, 0.1) is 21.5 Å². The highest BCUT2D eigenvalue weighted by Gasteiger charge is 2.21. The zero-order chi connectivity index (χ0) is 21.6. The first-order valence-electron chi connectivity index (χ1n) is 10.0. The topological polar surface area (TPSA) is 58.1 Å². The molecule has 0 atom stereocenters. The van der Waals surface area contributed by atoms with E-state index in [0.29, 0.717) is 15.8 Å². The van der Waals surface area contributed by atoms with Crippen LogP contribution in [0.25, 0.3) is 11.3 Å². The molecule has 0 radical (unpaired) electrons. The molecule has 1 aliphatic rings. The van der Waals surface area contributed by atoms with Gasteiger partial charge in [-0.05, 0) is 42.7 Å². The minimum atomic E-state index is 0.0612. The van der Waals surface area contributed by atoms with Gasteiger partial charge in [-0.25, -0.2) is 4.98 Å². The highest BCUT2D eigenvalue weighted by molar-refractivity contribution is 8.01. The third kappa shape index (κ3) is 6.43. The number of likely N-dealkylation sites (tertiary alicyclic amines) is 1. The molecule has 4 rings (SSSR count). The number of aromatic nitrogens is 2. The Morgan fingerprint density at radius 2 is 2.06 bits per heavy atom. The summed E-state index contributed by atoms with van der Waals surface area (Å²) in [5.41, 5.74) is 3.04. The Balaban J connectivity index is 1.19. The van der Waals surface area contributed by atoms with E-state index in [1.54, 1.807) is 23.7 Å². The predicted octanol–water partition coefficient (Wildman–Crippen LogP) is 5.38. The van der Waals surface area contributed by atoms with Crippen LogP contribution in [0.15, 0.2) is 52.4 Å². The van der Waals surface area contributed by atoms with Crippen LogP contribution in [-0.2, 0) is 11.3 Å². The molecule has 5 nitrogen and oxygen atoms in total. The van der Waals surface area contributed by atoms with E-state index in [-0.39, 0.29) is 11.9 Å². The van der Waals surface area contributed by atoms with Crippen LogP contribution in [0.4, 0.5) is 0 Å². The van der Waals surface area contributed by atoms with Crippen molar-refractivity contribution < 1.29 is 4.79 Å². The number of benzene rings is 1. The molecule has 2 aromatic heterocycles. The second kappa shape index (κ2) is 10.8. The molecular formula is C22H22Cl2N4OS2. The number of pyridine rings is 1. The Labute approximate surface area is 200 Å². The van der Waals surface area contributed by atoms with Gasteiger partial charge in [0.15, 0.2) is 4.34 Å². The van der Waals surface area contributed by atoms with Crippen LogP contribution in [0.2, 0.25) is 10.0 Å². The van der Waals surface area contributed by atoms with Crippen molar-refractivity contribution >= 4 is 52.2 Å². The minimum Gasteiger partial charge on any atom is -0.353 e. The largest absolute Gasteiger partial charge is 0.353 e. The number of nitrogens with one attached hydrogen (secondary N) is 1. The number of thioether (sulfide) groups is 1. The Hall–Kier alpha value is -1.64. The molecule has 31 heavy (non-hydrogen) atoms. The van der Waals surface area contributed by atoms with Crippen LogP contribution < -0.4 is 5.32 Å². The van der Waals surface area contributed by atoms with Crippen molar-refractivity contribution in [3.8, 4) is 11.3 Å². The lowest BCUT2D eigenvalue weighted by atomic mass is 10.0. The van der Waals surface area contributed by atoms with Crippen molar-refractivity contribution in [2.75, 3.05) is 18.8 Å². The second-order valence-corrected chi connectivity index (χ2v) is 10.3. The number of nitrogens with zero attached hydrogens (tertiary/aromatic N) is 3. The number of hydrogen-bond acceptors (Lipinski definition) is 6. The number of thiazole rings is 1. The maximum atomic E-state index is 12.4. The van der Waals surface area contributed by atoms with Crippen molar-refractivity contribution in [1.29, 1.82) is 0 Å². The normalized spacial score (nSPS) is 15.2. The van der Waals surface area contributed by atoms with Gasteiger partial charge >= 0.3 is 0 Å². The van der Waals surface area contributed by atoms with Crippen LogP contribution in [0, 0.1) is 0 Å². The monoisotopic (exact) mass is 492 g/mol. The molecule has 3 heterocycles. The van der Waals surface area contributed by atoms with Crippen LogP contribution in [-0.4, -0.2) is 45.7 Å². The minimum absolute atomic E-state index is 0.0612. The fourth-order valence-corrected chi connectivity index (χ4v) is 5.47. The van der Waals surface area contributed by atoms with Crippen molar-refractivity contribution in [3.63, 3.8) is 0 Å². The van der Waals surface area contributed by atoms with E-state index in [1.807, 2.05) is 35.7 Å². The quantitative estimate of drug-likeness (QED) is 0.448. The number of hydrogen-bond donors (Lipinski definition) is 1. The summed E-state index contributed by atoms with van der Waals surface area (Å²) < 4.78 is 0.894. The van der Waals surface area contributed by atoms with Crippen LogP contribution in [0.1, 0.15) is 18.4 Å². The number of amides is 1. The van der Waals surface area contributed by atoms with Gasteiger partial charge in [0, 0.05) is 49.0 Å². The number of piperidine rings is 1. The lowest BCUT2D eigenvalue weighted by Gasteiger charge is -2.32. The van der Waals surface area contributed by atoms with Gasteiger partial charge in [0.1, 0.15) is 0 Å².